The molecule has 2 aliphatic rings. The Morgan fingerprint density at radius 1 is 1.19 bits per heavy atom. The van der Waals surface area contributed by atoms with Gasteiger partial charge in [-0.1, -0.05) is 19.8 Å². The molecule has 0 spiro atoms. The Labute approximate surface area is 98.8 Å². The third-order valence-electron chi connectivity index (χ3n) is 3.97. The summed E-state index contributed by atoms with van der Waals surface area (Å²) in [6.07, 6.45) is 6.08. The summed E-state index contributed by atoms with van der Waals surface area (Å²) in [6.45, 7) is 7.52. The molecule has 0 aromatic carbocycles. The first-order chi connectivity index (χ1) is 7.81. The van der Waals surface area contributed by atoms with E-state index in [4.69, 9.17) is 0 Å². The standard InChI is InChI=1S/C13H24N2O/c1-2-3-7-14-8-10-15(11-9-14)13(16)12-5-4-6-12/h12H,2-11H2,1H3. The van der Waals surface area contributed by atoms with E-state index in [1.165, 1.54) is 25.8 Å². The fraction of sp³-hybridized carbons (Fsp3) is 0.923. The number of hydrogen-bond donors (Lipinski definition) is 0. The smallest absolute Gasteiger partial charge is 0.225 e. The first-order valence-electron chi connectivity index (χ1n) is 6.82. The highest BCUT2D eigenvalue weighted by Crippen LogP contribution is 2.28. The zero-order chi connectivity index (χ0) is 11.4. The van der Waals surface area contributed by atoms with Crippen LogP contribution in [0.3, 0.4) is 0 Å². The molecule has 0 N–H and O–H groups in total. The van der Waals surface area contributed by atoms with Crippen LogP contribution in [0, 0.1) is 5.92 Å². The van der Waals surface area contributed by atoms with E-state index >= 15 is 0 Å². The molecule has 2 rings (SSSR count). The maximum atomic E-state index is 12.0. The van der Waals surface area contributed by atoms with Gasteiger partial charge in [-0.15, -0.1) is 0 Å². The van der Waals surface area contributed by atoms with Gasteiger partial charge in [0.15, 0.2) is 0 Å². The lowest BCUT2D eigenvalue weighted by atomic mass is 9.84. The van der Waals surface area contributed by atoms with Gasteiger partial charge in [0.05, 0.1) is 0 Å². The zero-order valence-electron chi connectivity index (χ0n) is 10.5. The van der Waals surface area contributed by atoms with Gasteiger partial charge in [0.1, 0.15) is 0 Å². The Hall–Kier alpha value is -0.570. The molecule has 1 aliphatic heterocycles. The number of rotatable bonds is 4. The van der Waals surface area contributed by atoms with Crippen LogP contribution in [0.4, 0.5) is 0 Å². The van der Waals surface area contributed by atoms with Gasteiger partial charge in [-0.25, -0.2) is 0 Å². The molecule has 1 amide bonds. The molecule has 0 bridgehead atoms. The number of unbranched alkanes of at least 4 members (excludes halogenated alkanes) is 1. The second kappa shape index (κ2) is 5.67. The lowest BCUT2D eigenvalue weighted by molar-refractivity contribution is -0.139. The molecule has 0 radical (unpaired) electrons. The SMILES string of the molecule is CCCCN1CCN(C(=O)C2CCC2)CC1. The molecule has 1 saturated carbocycles. The van der Waals surface area contributed by atoms with Crippen molar-refractivity contribution in [2.24, 2.45) is 5.92 Å². The largest absolute Gasteiger partial charge is 0.340 e. The summed E-state index contributed by atoms with van der Waals surface area (Å²) < 4.78 is 0. The van der Waals surface area contributed by atoms with Gasteiger partial charge in [-0.2, -0.15) is 0 Å². The lowest BCUT2D eigenvalue weighted by Gasteiger charge is -2.38. The van der Waals surface area contributed by atoms with E-state index < -0.39 is 0 Å². The number of nitrogens with zero attached hydrogens (tertiary/aromatic N) is 2. The number of amides is 1. The van der Waals surface area contributed by atoms with E-state index in [1.54, 1.807) is 0 Å². The number of hydrogen-bond acceptors (Lipinski definition) is 2. The molecular weight excluding hydrogens is 200 g/mol. The van der Waals surface area contributed by atoms with Gasteiger partial charge < -0.3 is 4.90 Å². The van der Waals surface area contributed by atoms with E-state index in [-0.39, 0.29) is 0 Å². The zero-order valence-corrected chi connectivity index (χ0v) is 10.5. The molecule has 0 aromatic heterocycles. The minimum Gasteiger partial charge on any atom is -0.340 e. The van der Waals surface area contributed by atoms with Crippen molar-refractivity contribution in [3.8, 4) is 0 Å². The van der Waals surface area contributed by atoms with Gasteiger partial charge in [-0.3, -0.25) is 9.69 Å². The van der Waals surface area contributed by atoms with Crippen LogP contribution in [0.5, 0.6) is 0 Å². The minimum absolute atomic E-state index is 0.377. The Kier molecular flexibility index (Phi) is 4.22. The van der Waals surface area contributed by atoms with Crippen LogP contribution >= 0.6 is 0 Å². The van der Waals surface area contributed by atoms with Gasteiger partial charge >= 0.3 is 0 Å². The quantitative estimate of drug-likeness (QED) is 0.726. The molecule has 2 fully saturated rings. The normalized spacial score (nSPS) is 23.2. The van der Waals surface area contributed by atoms with Crippen molar-refractivity contribution in [3.63, 3.8) is 0 Å². The second-order valence-electron chi connectivity index (χ2n) is 5.15. The van der Waals surface area contributed by atoms with Gasteiger partial charge in [-0.05, 0) is 25.8 Å². The highest BCUT2D eigenvalue weighted by Gasteiger charge is 2.30. The Balaban J connectivity index is 1.69. The predicted molar refractivity (Wildman–Crippen MR) is 65.3 cm³/mol. The third kappa shape index (κ3) is 2.76. The van der Waals surface area contributed by atoms with Crippen molar-refractivity contribution in [3.05, 3.63) is 0 Å². The van der Waals surface area contributed by atoms with Crippen molar-refractivity contribution in [1.82, 2.24) is 9.80 Å². The van der Waals surface area contributed by atoms with Crippen LogP contribution in [-0.2, 0) is 4.79 Å². The Bertz CT molecular complexity index is 230. The summed E-state index contributed by atoms with van der Waals surface area (Å²) in [5, 5.41) is 0. The predicted octanol–water partition coefficient (Wildman–Crippen LogP) is 1.73. The number of carbonyl (C=O) groups is 1. The van der Waals surface area contributed by atoms with Crippen molar-refractivity contribution >= 4 is 5.91 Å². The summed E-state index contributed by atoms with van der Waals surface area (Å²) in [5.74, 6) is 0.809. The van der Waals surface area contributed by atoms with Crippen molar-refractivity contribution < 1.29 is 4.79 Å². The first kappa shape index (κ1) is 11.9. The van der Waals surface area contributed by atoms with Crippen molar-refractivity contribution in [1.29, 1.82) is 0 Å². The molecule has 1 heterocycles. The minimum atomic E-state index is 0.377. The maximum Gasteiger partial charge on any atom is 0.225 e. The topological polar surface area (TPSA) is 23.6 Å². The van der Waals surface area contributed by atoms with Gasteiger partial charge in [0.25, 0.3) is 0 Å². The summed E-state index contributed by atoms with van der Waals surface area (Å²) in [6, 6.07) is 0. The number of piperazine rings is 1. The van der Waals surface area contributed by atoms with Crippen LogP contribution in [0.25, 0.3) is 0 Å². The van der Waals surface area contributed by atoms with Gasteiger partial charge in [0, 0.05) is 32.1 Å². The van der Waals surface area contributed by atoms with Crippen LogP contribution in [0.1, 0.15) is 39.0 Å². The molecule has 3 nitrogen and oxygen atoms in total. The van der Waals surface area contributed by atoms with Crippen LogP contribution < -0.4 is 0 Å². The van der Waals surface area contributed by atoms with E-state index in [9.17, 15) is 4.79 Å². The molecule has 92 valence electrons. The Morgan fingerprint density at radius 2 is 1.88 bits per heavy atom. The van der Waals surface area contributed by atoms with E-state index in [0.717, 1.165) is 39.0 Å². The van der Waals surface area contributed by atoms with E-state index in [1.807, 2.05) is 0 Å². The maximum absolute atomic E-state index is 12.0. The Morgan fingerprint density at radius 3 is 2.38 bits per heavy atom. The molecule has 0 unspecified atom stereocenters. The highest BCUT2D eigenvalue weighted by molar-refractivity contribution is 5.79. The molecular formula is C13H24N2O. The average molecular weight is 224 g/mol. The fourth-order valence-electron chi connectivity index (χ4n) is 2.49. The van der Waals surface area contributed by atoms with Crippen molar-refractivity contribution in [2.45, 2.75) is 39.0 Å². The van der Waals surface area contributed by atoms with Gasteiger partial charge in [0.2, 0.25) is 5.91 Å². The summed E-state index contributed by atoms with van der Waals surface area (Å²) in [4.78, 5) is 16.6. The average Bonchev–Trinajstić information content (AvgIpc) is 2.24. The van der Waals surface area contributed by atoms with E-state index in [2.05, 4.69) is 16.7 Å². The summed E-state index contributed by atoms with van der Waals surface area (Å²) in [5.41, 5.74) is 0. The molecule has 16 heavy (non-hydrogen) atoms. The first-order valence-corrected chi connectivity index (χ1v) is 6.82. The van der Waals surface area contributed by atoms with Crippen LogP contribution in [0.2, 0.25) is 0 Å². The molecule has 3 heteroatoms. The third-order valence-corrected chi connectivity index (χ3v) is 3.97. The molecule has 1 aliphatic carbocycles. The van der Waals surface area contributed by atoms with Crippen LogP contribution in [-0.4, -0.2) is 48.4 Å². The van der Waals surface area contributed by atoms with E-state index in [0.29, 0.717) is 11.8 Å². The molecule has 0 atom stereocenters. The monoisotopic (exact) mass is 224 g/mol. The van der Waals surface area contributed by atoms with Crippen LogP contribution in [0.15, 0.2) is 0 Å². The fourth-order valence-corrected chi connectivity index (χ4v) is 2.49. The molecule has 0 aromatic rings. The molecule has 1 saturated heterocycles. The lowest BCUT2D eigenvalue weighted by Crippen LogP contribution is -2.51. The highest BCUT2D eigenvalue weighted by atomic mass is 16.2. The summed E-state index contributed by atoms with van der Waals surface area (Å²) >= 11 is 0. The summed E-state index contributed by atoms with van der Waals surface area (Å²) in [7, 11) is 0. The number of carbonyl (C=O) groups excluding carboxylic acids is 1. The van der Waals surface area contributed by atoms with Crippen molar-refractivity contribution in [2.75, 3.05) is 32.7 Å². The second-order valence-corrected chi connectivity index (χ2v) is 5.15.